The summed E-state index contributed by atoms with van der Waals surface area (Å²) in [5.74, 6) is 0.287. The van der Waals surface area contributed by atoms with Crippen molar-refractivity contribution >= 4 is 23.5 Å². The molecule has 0 atom stereocenters. The predicted octanol–water partition coefficient (Wildman–Crippen LogP) is 4.71. The number of nitrogens with zero attached hydrogens (tertiary/aromatic N) is 1. The number of aliphatic imine (C=N–C) groups is 1. The number of aromatic hydroxyl groups is 1. The van der Waals surface area contributed by atoms with Gasteiger partial charge in [0.2, 0.25) is 0 Å². The third-order valence-electron chi connectivity index (χ3n) is 4.01. The maximum absolute atomic E-state index is 12.3. The van der Waals surface area contributed by atoms with Crippen molar-refractivity contribution in [2.24, 2.45) is 4.99 Å². The molecule has 27 heavy (non-hydrogen) atoms. The Morgan fingerprint density at radius 1 is 1.07 bits per heavy atom. The lowest BCUT2D eigenvalue weighted by molar-refractivity contribution is 0.102. The monoisotopic (exact) mass is 360 g/mol. The van der Waals surface area contributed by atoms with Gasteiger partial charge in [-0.2, -0.15) is 0 Å². The van der Waals surface area contributed by atoms with E-state index in [4.69, 9.17) is 4.74 Å². The number of carbonyl (C=O) groups excluding carboxylic acids is 1. The molecule has 0 fully saturated rings. The molecule has 3 aromatic carbocycles. The van der Waals surface area contributed by atoms with Gasteiger partial charge in [-0.1, -0.05) is 23.8 Å². The minimum Gasteiger partial charge on any atom is -0.504 e. The molecule has 0 heterocycles. The molecule has 2 N–H and O–H groups in total. The van der Waals surface area contributed by atoms with Gasteiger partial charge in [0, 0.05) is 23.0 Å². The smallest absolute Gasteiger partial charge is 0.255 e. The highest BCUT2D eigenvalue weighted by molar-refractivity contribution is 6.04. The van der Waals surface area contributed by atoms with E-state index in [1.165, 1.54) is 7.11 Å². The predicted molar refractivity (Wildman–Crippen MR) is 107 cm³/mol. The Labute approximate surface area is 158 Å². The molecular weight excluding hydrogens is 340 g/mol. The zero-order valence-electron chi connectivity index (χ0n) is 15.1. The summed E-state index contributed by atoms with van der Waals surface area (Å²) < 4.78 is 5.08. The molecule has 0 saturated carbocycles. The molecule has 0 spiro atoms. The van der Waals surface area contributed by atoms with E-state index in [-0.39, 0.29) is 11.7 Å². The quantitative estimate of drug-likeness (QED) is 0.647. The Kier molecular flexibility index (Phi) is 5.52. The van der Waals surface area contributed by atoms with Gasteiger partial charge in [0.25, 0.3) is 5.91 Å². The minimum absolute atomic E-state index is 0.0470. The van der Waals surface area contributed by atoms with Crippen molar-refractivity contribution in [1.29, 1.82) is 0 Å². The number of phenolic OH excluding ortho intramolecular Hbond substituents is 1. The van der Waals surface area contributed by atoms with E-state index in [9.17, 15) is 9.90 Å². The summed E-state index contributed by atoms with van der Waals surface area (Å²) in [6, 6.07) is 19.8. The zero-order chi connectivity index (χ0) is 19.2. The fraction of sp³-hybridized carbons (Fsp3) is 0.0909. The topological polar surface area (TPSA) is 70.9 Å². The maximum Gasteiger partial charge on any atom is 0.255 e. The van der Waals surface area contributed by atoms with E-state index in [0.717, 1.165) is 5.56 Å². The molecule has 5 heteroatoms. The Bertz CT molecular complexity index is 979. The van der Waals surface area contributed by atoms with Crippen molar-refractivity contribution in [3.63, 3.8) is 0 Å². The number of rotatable bonds is 5. The lowest BCUT2D eigenvalue weighted by atomic mass is 10.1. The fourth-order valence-corrected chi connectivity index (χ4v) is 2.57. The number of methoxy groups -OCH3 is 1. The molecule has 0 aliphatic rings. The summed E-state index contributed by atoms with van der Waals surface area (Å²) in [5, 5.41) is 12.9. The van der Waals surface area contributed by atoms with Crippen molar-refractivity contribution in [1.82, 2.24) is 0 Å². The number of carbonyl (C=O) groups is 1. The van der Waals surface area contributed by atoms with Crippen molar-refractivity contribution in [3.8, 4) is 11.5 Å². The summed E-state index contributed by atoms with van der Waals surface area (Å²) in [4.78, 5) is 16.6. The second kappa shape index (κ2) is 8.19. The molecule has 0 saturated heterocycles. The molecular formula is C22H20N2O3. The van der Waals surface area contributed by atoms with Crippen LogP contribution < -0.4 is 10.1 Å². The third kappa shape index (κ3) is 4.52. The first kappa shape index (κ1) is 18.2. The van der Waals surface area contributed by atoms with Crippen LogP contribution in [0.15, 0.2) is 71.7 Å². The van der Waals surface area contributed by atoms with Crippen LogP contribution in [0.25, 0.3) is 0 Å². The van der Waals surface area contributed by atoms with Gasteiger partial charge in [0.15, 0.2) is 11.5 Å². The van der Waals surface area contributed by atoms with Gasteiger partial charge in [0.1, 0.15) is 0 Å². The average Bonchev–Trinajstić information content (AvgIpc) is 2.68. The van der Waals surface area contributed by atoms with Crippen LogP contribution in [0.5, 0.6) is 11.5 Å². The average molecular weight is 360 g/mol. The fourth-order valence-electron chi connectivity index (χ4n) is 2.57. The maximum atomic E-state index is 12.3. The first-order valence-electron chi connectivity index (χ1n) is 8.45. The third-order valence-corrected chi connectivity index (χ3v) is 4.01. The van der Waals surface area contributed by atoms with Gasteiger partial charge >= 0.3 is 0 Å². The summed E-state index contributed by atoms with van der Waals surface area (Å²) in [6.07, 6.45) is 1.57. The lowest BCUT2D eigenvalue weighted by Gasteiger charge is -2.06. The molecule has 0 aliphatic heterocycles. The molecule has 3 rings (SSSR count). The zero-order valence-corrected chi connectivity index (χ0v) is 15.1. The molecule has 0 aromatic heterocycles. The van der Waals surface area contributed by atoms with Crippen LogP contribution in [0.4, 0.5) is 11.4 Å². The summed E-state index contributed by atoms with van der Waals surface area (Å²) in [5.41, 5.74) is 3.60. The van der Waals surface area contributed by atoms with Crippen LogP contribution >= 0.6 is 0 Å². The van der Waals surface area contributed by atoms with Crippen LogP contribution in [0, 0.1) is 6.92 Å². The van der Waals surface area contributed by atoms with Gasteiger partial charge in [0.05, 0.1) is 12.8 Å². The van der Waals surface area contributed by atoms with Crippen molar-refractivity contribution in [3.05, 3.63) is 83.4 Å². The van der Waals surface area contributed by atoms with Crippen molar-refractivity contribution in [2.75, 3.05) is 12.4 Å². The molecule has 0 unspecified atom stereocenters. The van der Waals surface area contributed by atoms with Crippen LogP contribution in [-0.2, 0) is 0 Å². The van der Waals surface area contributed by atoms with Crippen LogP contribution in [-0.4, -0.2) is 24.3 Å². The molecule has 3 aromatic rings. The molecule has 136 valence electrons. The van der Waals surface area contributed by atoms with Crippen LogP contribution in [0.2, 0.25) is 0 Å². The number of nitrogens with one attached hydrogen (secondary N) is 1. The van der Waals surface area contributed by atoms with Gasteiger partial charge in [-0.05, 0) is 55.5 Å². The van der Waals surface area contributed by atoms with E-state index >= 15 is 0 Å². The van der Waals surface area contributed by atoms with Crippen LogP contribution in [0.3, 0.4) is 0 Å². The second-order valence-corrected chi connectivity index (χ2v) is 6.03. The number of para-hydroxylation sites is 1. The number of aryl methyl sites for hydroxylation is 1. The normalized spacial score (nSPS) is 10.7. The SMILES string of the molecule is COc1cccc(C=Nc2ccc(NC(=O)c3cccc(C)c3)cc2)c1O. The molecule has 0 bridgehead atoms. The molecule has 1 amide bonds. The largest absolute Gasteiger partial charge is 0.504 e. The lowest BCUT2D eigenvalue weighted by Crippen LogP contribution is -2.11. The summed E-state index contributed by atoms with van der Waals surface area (Å²) in [6.45, 7) is 1.95. The van der Waals surface area contributed by atoms with Gasteiger partial charge < -0.3 is 15.2 Å². The highest BCUT2D eigenvalue weighted by atomic mass is 16.5. The van der Waals surface area contributed by atoms with Crippen molar-refractivity contribution < 1.29 is 14.6 Å². The molecule has 0 aliphatic carbocycles. The second-order valence-electron chi connectivity index (χ2n) is 6.03. The van der Waals surface area contributed by atoms with Crippen LogP contribution in [0.1, 0.15) is 21.5 Å². The number of hydrogen-bond acceptors (Lipinski definition) is 4. The Balaban J connectivity index is 1.69. The first-order valence-corrected chi connectivity index (χ1v) is 8.45. The Hall–Kier alpha value is -3.60. The van der Waals surface area contributed by atoms with E-state index in [1.807, 2.05) is 25.1 Å². The van der Waals surface area contributed by atoms with E-state index in [1.54, 1.807) is 54.7 Å². The number of benzene rings is 3. The standard InChI is InChI=1S/C22H20N2O3/c1-15-5-3-6-16(13-15)22(26)24-19-11-9-18(10-12-19)23-14-17-7-4-8-20(27-2)21(17)25/h3-14,25H,1-2H3,(H,24,26). The Morgan fingerprint density at radius 3 is 2.52 bits per heavy atom. The summed E-state index contributed by atoms with van der Waals surface area (Å²) in [7, 11) is 1.50. The van der Waals surface area contributed by atoms with Crippen molar-refractivity contribution in [2.45, 2.75) is 6.92 Å². The number of hydrogen-bond donors (Lipinski definition) is 2. The highest BCUT2D eigenvalue weighted by Crippen LogP contribution is 2.28. The number of phenols is 1. The molecule has 5 nitrogen and oxygen atoms in total. The number of amides is 1. The highest BCUT2D eigenvalue weighted by Gasteiger charge is 2.06. The summed E-state index contributed by atoms with van der Waals surface area (Å²) >= 11 is 0. The van der Waals surface area contributed by atoms with Gasteiger partial charge in [-0.15, -0.1) is 0 Å². The van der Waals surface area contributed by atoms with E-state index < -0.39 is 0 Å². The molecule has 0 radical (unpaired) electrons. The van der Waals surface area contributed by atoms with Gasteiger partial charge in [-0.3, -0.25) is 9.79 Å². The van der Waals surface area contributed by atoms with E-state index in [0.29, 0.717) is 28.3 Å². The number of ether oxygens (including phenoxy) is 1. The van der Waals surface area contributed by atoms with E-state index in [2.05, 4.69) is 10.3 Å². The number of anilines is 1. The first-order chi connectivity index (χ1) is 13.1. The van der Waals surface area contributed by atoms with Gasteiger partial charge in [-0.25, -0.2) is 0 Å². The Morgan fingerprint density at radius 2 is 1.81 bits per heavy atom. The minimum atomic E-state index is -0.156.